The molecule has 1 atom stereocenters. The summed E-state index contributed by atoms with van der Waals surface area (Å²) >= 11 is 0. The lowest BCUT2D eigenvalue weighted by molar-refractivity contribution is 0.722. The van der Waals surface area contributed by atoms with Gasteiger partial charge in [0.15, 0.2) is 0 Å². The maximum Gasteiger partial charge on any atom is 0.0335 e. The van der Waals surface area contributed by atoms with Gasteiger partial charge in [0.25, 0.3) is 0 Å². The first-order valence-electron chi connectivity index (χ1n) is 5.40. The average molecular weight is 212 g/mol. The van der Waals surface area contributed by atoms with Crippen LogP contribution in [0.3, 0.4) is 0 Å². The number of hydrogen-bond donors (Lipinski definition) is 2. The van der Waals surface area contributed by atoms with E-state index in [-0.39, 0.29) is 6.04 Å². The van der Waals surface area contributed by atoms with Crippen molar-refractivity contribution < 1.29 is 0 Å². The summed E-state index contributed by atoms with van der Waals surface area (Å²) < 4.78 is 0. The fourth-order valence-corrected chi connectivity index (χ4v) is 1.73. The number of hydrogen-bond acceptors (Lipinski definition) is 2. The summed E-state index contributed by atoms with van der Waals surface area (Å²) in [5.74, 6) is 0. The molecule has 0 aliphatic carbocycles. The third-order valence-electron chi connectivity index (χ3n) is 2.66. The molecule has 0 fully saturated rings. The molecule has 2 heteroatoms. The molecule has 0 saturated carbocycles. The van der Waals surface area contributed by atoms with Crippen LogP contribution in [-0.2, 0) is 6.42 Å². The second-order valence-electron chi connectivity index (χ2n) is 3.96. The van der Waals surface area contributed by atoms with E-state index in [1.165, 1.54) is 11.1 Å². The van der Waals surface area contributed by atoms with Crippen molar-refractivity contribution in [2.75, 3.05) is 5.73 Å². The quantitative estimate of drug-likeness (QED) is 0.768. The minimum absolute atomic E-state index is 0.0461. The van der Waals surface area contributed by atoms with Gasteiger partial charge in [-0.1, -0.05) is 42.5 Å². The maximum absolute atomic E-state index is 6.13. The molecule has 16 heavy (non-hydrogen) atoms. The van der Waals surface area contributed by atoms with Gasteiger partial charge in [0.2, 0.25) is 0 Å². The molecule has 0 aliphatic heterocycles. The van der Waals surface area contributed by atoms with Gasteiger partial charge in [-0.15, -0.1) is 0 Å². The van der Waals surface area contributed by atoms with E-state index in [0.29, 0.717) is 0 Å². The van der Waals surface area contributed by atoms with Crippen LogP contribution in [0.15, 0.2) is 54.6 Å². The van der Waals surface area contributed by atoms with Crippen LogP contribution < -0.4 is 11.5 Å². The predicted octanol–water partition coefficient (Wildman–Crippen LogP) is 2.51. The maximum atomic E-state index is 6.13. The molecule has 0 radical (unpaired) electrons. The zero-order chi connectivity index (χ0) is 11.4. The number of rotatable bonds is 3. The highest BCUT2D eigenvalue weighted by atomic mass is 14.6. The van der Waals surface area contributed by atoms with E-state index in [1.807, 2.05) is 42.5 Å². The molecule has 82 valence electrons. The summed E-state index contributed by atoms with van der Waals surface area (Å²) in [6.07, 6.45) is 0.838. The van der Waals surface area contributed by atoms with Gasteiger partial charge in [-0.05, 0) is 29.7 Å². The van der Waals surface area contributed by atoms with Gasteiger partial charge in [0.05, 0.1) is 0 Å². The third-order valence-corrected chi connectivity index (χ3v) is 2.66. The smallest absolute Gasteiger partial charge is 0.0335 e. The first kappa shape index (κ1) is 10.7. The van der Waals surface area contributed by atoms with Crippen LogP contribution in [0.2, 0.25) is 0 Å². The summed E-state index contributed by atoms with van der Waals surface area (Å²) in [5.41, 5.74) is 14.9. The van der Waals surface area contributed by atoms with Crippen molar-refractivity contribution in [3.8, 4) is 0 Å². The van der Waals surface area contributed by atoms with Crippen molar-refractivity contribution in [1.29, 1.82) is 0 Å². The van der Waals surface area contributed by atoms with E-state index < -0.39 is 0 Å². The Kier molecular flexibility index (Phi) is 3.22. The Morgan fingerprint density at radius 1 is 0.875 bits per heavy atom. The van der Waals surface area contributed by atoms with E-state index >= 15 is 0 Å². The molecule has 0 amide bonds. The molecule has 4 N–H and O–H groups in total. The molecule has 2 rings (SSSR count). The summed E-state index contributed by atoms with van der Waals surface area (Å²) in [5, 5.41) is 0. The van der Waals surface area contributed by atoms with Crippen molar-refractivity contribution in [3.63, 3.8) is 0 Å². The Labute approximate surface area is 95.9 Å². The molecular weight excluding hydrogens is 196 g/mol. The van der Waals surface area contributed by atoms with Gasteiger partial charge < -0.3 is 11.5 Å². The average Bonchev–Trinajstić information content (AvgIpc) is 2.33. The fourth-order valence-electron chi connectivity index (χ4n) is 1.73. The molecule has 0 aromatic heterocycles. The molecule has 2 nitrogen and oxygen atoms in total. The minimum Gasteiger partial charge on any atom is -0.399 e. The lowest BCUT2D eigenvalue weighted by Gasteiger charge is -2.12. The predicted molar refractivity (Wildman–Crippen MR) is 67.9 cm³/mol. The molecule has 0 aliphatic rings. The third kappa shape index (κ3) is 2.61. The highest BCUT2D eigenvalue weighted by Crippen LogP contribution is 2.16. The van der Waals surface area contributed by atoms with Crippen LogP contribution in [0.4, 0.5) is 5.69 Å². The van der Waals surface area contributed by atoms with Gasteiger partial charge in [-0.2, -0.15) is 0 Å². The normalized spacial score (nSPS) is 12.3. The molecule has 2 aromatic rings. The van der Waals surface area contributed by atoms with Gasteiger partial charge >= 0.3 is 0 Å². The summed E-state index contributed by atoms with van der Waals surface area (Å²) in [4.78, 5) is 0. The molecular formula is C14H16N2. The van der Waals surface area contributed by atoms with Crippen LogP contribution in [0.5, 0.6) is 0 Å². The first-order chi connectivity index (χ1) is 7.75. The lowest BCUT2D eigenvalue weighted by atomic mass is 10.00. The molecule has 0 spiro atoms. The Hall–Kier alpha value is -1.80. The number of nitrogen functional groups attached to an aromatic ring is 1. The molecule has 2 aromatic carbocycles. The first-order valence-corrected chi connectivity index (χ1v) is 5.40. The molecule has 0 saturated heterocycles. The zero-order valence-corrected chi connectivity index (χ0v) is 9.14. The standard InChI is InChI=1S/C14H16N2/c15-13-8-6-11(7-9-13)10-14(16)12-4-2-1-3-5-12/h1-9,14H,10,15-16H2/t14-/m1/s1. The van der Waals surface area contributed by atoms with E-state index in [1.54, 1.807) is 0 Å². The Morgan fingerprint density at radius 2 is 1.50 bits per heavy atom. The summed E-state index contributed by atoms with van der Waals surface area (Å²) in [6, 6.07) is 18.1. The number of benzene rings is 2. The fraction of sp³-hybridized carbons (Fsp3) is 0.143. The summed E-state index contributed by atoms with van der Waals surface area (Å²) in [6.45, 7) is 0. The Morgan fingerprint density at radius 3 is 2.12 bits per heavy atom. The topological polar surface area (TPSA) is 52.0 Å². The monoisotopic (exact) mass is 212 g/mol. The van der Waals surface area contributed by atoms with E-state index in [9.17, 15) is 0 Å². The SMILES string of the molecule is Nc1ccc(C[C@@H](N)c2ccccc2)cc1. The van der Waals surface area contributed by atoms with Crippen LogP contribution in [0, 0.1) is 0 Å². The largest absolute Gasteiger partial charge is 0.399 e. The van der Waals surface area contributed by atoms with Crippen LogP contribution in [-0.4, -0.2) is 0 Å². The van der Waals surface area contributed by atoms with E-state index in [0.717, 1.165) is 12.1 Å². The number of anilines is 1. The van der Waals surface area contributed by atoms with Crippen molar-refractivity contribution >= 4 is 5.69 Å². The second-order valence-corrected chi connectivity index (χ2v) is 3.96. The minimum atomic E-state index is 0.0461. The van der Waals surface area contributed by atoms with Gasteiger partial charge in [-0.3, -0.25) is 0 Å². The van der Waals surface area contributed by atoms with Gasteiger partial charge in [-0.25, -0.2) is 0 Å². The lowest BCUT2D eigenvalue weighted by Crippen LogP contribution is -2.13. The molecule has 0 unspecified atom stereocenters. The highest BCUT2D eigenvalue weighted by Gasteiger charge is 2.05. The van der Waals surface area contributed by atoms with Crippen molar-refractivity contribution in [2.45, 2.75) is 12.5 Å². The van der Waals surface area contributed by atoms with E-state index in [2.05, 4.69) is 12.1 Å². The van der Waals surface area contributed by atoms with Gasteiger partial charge in [0.1, 0.15) is 0 Å². The van der Waals surface area contributed by atoms with E-state index in [4.69, 9.17) is 11.5 Å². The number of nitrogens with two attached hydrogens (primary N) is 2. The Balaban J connectivity index is 2.08. The molecule has 0 heterocycles. The van der Waals surface area contributed by atoms with Crippen molar-refractivity contribution in [3.05, 3.63) is 65.7 Å². The second kappa shape index (κ2) is 4.81. The van der Waals surface area contributed by atoms with Crippen LogP contribution in [0.1, 0.15) is 17.2 Å². The van der Waals surface area contributed by atoms with Gasteiger partial charge in [0, 0.05) is 11.7 Å². The van der Waals surface area contributed by atoms with Crippen molar-refractivity contribution in [2.24, 2.45) is 5.73 Å². The molecule has 0 bridgehead atoms. The van der Waals surface area contributed by atoms with Crippen LogP contribution >= 0.6 is 0 Å². The van der Waals surface area contributed by atoms with Crippen molar-refractivity contribution in [1.82, 2.24) is 0 Å². The highest BCUT2D eigenvalue weighted by molar-refractivity contribution is 5.39. The van der Waals surface area contributed by atoms with Crippen LogP contribution in [0.25, 0.3) is 0 Å². The Bertz CT molecular complexity index is 434. The zero-order valence-electron chi connectivity index (χ0n) is 9.14. The summed E-state index contributed by atoms with van der Waals surface area (Å²) in [7, 11) is 0.